The first-order chi connectivity index (χ1) is 11.2. The molecule has 11 heteroatoms. The molecule has 1 atom stereocenters. The maximum Gasteiger partial charge on any atom is 0.534 e. The Bertz CT molecular complexity index is 721. The predicted octanol–water partition coefficient (Wildman–Crippen LogP) is 2.15. The van der Waals surface area contributed by atoms with Crippen LogP contribution in [0.2, 0.25) is 0 Å². The van der Waals surface area contributed by atoms with Gasteiger partial charge in [-0.3, -0.25) is 24.5 Å². The summed E-state index contributed by atoms with van der Waals surface area (Å²) in [5, 5.41) is 11.1. The van der Waals surface area contributed by atoms with Crippen molar-refractivity contribution in [1.82, 2.24) is 5.06 Å². The minimum absolute atomic E-state index is 0.129. The molecule has 1 saturated heterocycles. The minimum atomic E-state index is -1.50. The lowest BCUT2D eigenvalue weighted by molar-refractivity contribution is -0.386. The Kier molecular flexibility index (Phi) is 4.71. The van der Waals surface area contributed by atoms with Crippen LogP contribution in [0.15, 0.2) is 12.1 Å². The Morgan fingerprint density at radius 3 is 2.33 bits per heavy atom. The van der Waals surface area contributed by atoms with E-state index in [9.17, 15) is 33.3 Å². The van der Waals surface area contributed by atoms with E-state index >= 15 is 0 Å². The molecule has 128 valence electrons. The number of rotatable bonds is 4. The van der Waals surface area contributed by atoms with E-state index in [1.54, 1.807) is 0 Å². The second-order valence-corrected chi connectivity index (χ2v) is 4.77. The van der Waals surface area contributed by atoms with Gasteiger partial charge in [-0.2, -0.15) is 0 Å². The summed E-state index contributed by atoms with van der Waals surface area (Å²) in [6.07, 6.45) is -3.15. The summed E-state index contributed by atoms with van der Waals surface area (Å²) in [5.74, 6) is -4.30. The maximum atomic E-state index is 13.3. The highest BCUT2D eigenvalue weighted by molar-refractivity contribution is 6.01. The van der Waals surface area contributed by atoms with E-state index in [2.05, 4.69) is 9.57 Å². The first-order valence-electron chi connectivity index (χ1n) is 6.58. The van der Waals surface area contributed by atoms with Crippen molar-refractivity contribution in [3.05, 3.63) is 39.4 Å². The molecule has 1 aliphatic rings. The van der Waals surface area contributed by atoms with Crippen molar-refractivity contribution >= 4 is 23.7 Å². The molecule has 24 heavy (non-hydrogen) atoms. The van der Waals surface area contributed by atoms with Gasteiger partial charge in [-0.15, -0.1) is 0 Å². The molecule has 1 aliphatic heterocycles. The summed E-state index contributed by atoms with van der Waals surface area (Å²) >= 11 is 0. The Hall–Kier alpha value is -3.11. The third kappa shape index (κ3) is 3.45. The van der Waals surface area contributed by atoms with E-state index in [0.717, 1.165) is 6.92 Å². The van der Waals surface area contributed by atoms with Crippen LogP contribution in [0.25, 0.3) is 0 Å². The van der Waals surface area contributed by atoms with Gasteiger partial charge in [-0.05, 0) is 13.0 Å². The third-order valence-corrected chi connectivity index (χ3v) is 3.15. The second-order valence-electron chi connectivity index (χ2n) is 4.77. The van der Waals surface area contributed by atoms with E-state index in [-0.39, 0.29) is 17.9 Å². The number of hydroxylamine groups is 2. The molecule has 0 aliphatic carbocycles. The number of carbonyl (C=O) groups excluding carboxylic acids is 3. The van der Waals surface area contributed by atoms with Gasteiger partial charge in [0.15, 0.2) is 11.6 Å². The number of halogens is 2. The van der Waals surface area contributed by atoms with Gasteiger partial charge in [-0.25, -0.2) is 13.6 Å². The van der Waals surface area contributed by atoms with Gasteiger partial charge in [0.25, 0.3) is 17.5 Å². The normalized spacial score (nSPS) is 15.4. The molecule has 1 aromatic carbocycles. The fraction of sp³-hybridized carbons (Fsp3) is 0.308. The van der Waals surface area contributed by atoms with E-state index < -0.39 is 51.9 Å². The van der Waals surface area contributed by atoms with Crippen molar-refractivity contribution in [2.45, 2.75) is 25.9 Å². The molecule has 0 bridgehead atoms. The number of benzene rings is 1. The zero-order chi connectivity index (χ0) is 18.0. The van der Waals surface area contributed by atoms with Crippen LogP contribution in [0.4, 0.5) is 19.3 Å². The van der Waals surface area contributed by atoms with Crippen LogP contribution < -0.4 is 0 Å². The van der Waals surface area contributed by atoms with E-state index in [4.69, 9.17) is 0 Å². The zero-order valence-corrected chi connectivity index (χ0v) is 12.2. The fourth-order valence-corrected chi connectivity index (χ4v) is 2.00. The smallest absolute Gasteiger partial charge is 0.425 e. The number of ether oxygens (including phenoxy) is 1. The molecule has 0 N–H and O–H groups in total. The topological polar surface area (TPSA) is 116 Å². The largest absolute Gasteiger partial charge is 0.534 e. The lowest BCUT2D eigenvalue weighted by atomic mass is 10.1. The van der Waals surface area contributed by atoms with Gasteiger partial charge < -0.3 is 4.74 Å². The lowest BCUT2D eigenvalue weighted by Crippen LogP contribution is -2.32. The van der Waals surface area contributed by atoms with Gasteiger partial charge in [-0.1, -0.05) is 5.06 Å². The summed E-state index contributed by atoms with van der Waals surface area (Å²) in [7, 11) is 0. The monoisotopic (exact) mass is 344 g/mol. The van der Waals surface area contributed by atoms with Crippen LogP contribution in [-0.2, 0) is 19.2 Å². The molecular formula is C13H10F2N2O7. The summed E-state index contributed by atoms with van der Waals surface area (Å²) in [4.78, 5) is 48.5. The predicted molar refractivity (Wildman–Crippen MR) is 70.1 cm³/mol. The van der Waals surface area contributed by atoms with Crippen LogP contribution in [-0.4, -0.2) is 28.0 Å². The minimum Gasteiger partial charge on any atom is -0.425 e. The molecule has 2 rings (SSSR count). The van der Waals surface area contributed by atoms with Crippen molar-refractivity contribution in [3.8, 4) is 0 Å². The summed E-state index contributed by atoms with van der Waals surface area (Å²) in [5.41, 5.74) is -1.22. The average molecular weight is 344 g/mol. The molecular weight excluding hydrogens is 334 g/mol. The number of nitro groups is 1. The quantitative estimate of drug-likeness (QED) is 0.355. The Labute approximate surface area is 132 Å². The molecule has 0 aromatic heterocycles. The van der Waals surface area contributed by atoms with Gasteiger partial charge in [0.2, 0.25) is 0 Å². The Morgan fingerprint density at radius 2 is 1.79 bits per heavy atom. The van der Waals surface area contributed by atoms with Gasteiger partial charge in [0, 0.05) is 12.8 Å². The Balaban J connectivity index is 2.14. The fourth-order valence-electron chi connectivity index (χ4n) is 2.00. The highest BCUT2D eigenvalue weighted by Crippen LogP contribution is 2.30. The van der Waals surface area contributed by atoms with Gasteiger partial charge in [0.1, 0.15) is 6.10 Å². The van der Waals surface area contributed by atoms with Crippen LogP contribution in [0.1, 0.15) is 31.4 Å². The Morgan fingerprint density at radius 1 is 1.25 bits per heavy atom. The second kappa shape index (κ2) is 6.56. The lowest BCUT2D eigenvalue weighted by Gasteiger charge is -2.16. The van der Waals surface area contributed by atoms with Crippen molar-refractivity contribution in [2.75, 3.05) is 0 Å². The maximum absolute atomic E-state index is 13.3. The summed E-state index contributed by atoms with van der Waals surface area (Å²) in [6.45, 7) is 1.15. The van der Waals surface area contributed by atoms with Crippen molar-refractivity contribution in [1.29, 1.82) is 0 Å². The first kappa shape index (κ1) is 17.2. The van der Waals surface area contributed by atoms with Crippen LogP contribution in [0.3, 0.4) is 0 Å². The number of imide groups is 1. The van der Waals surface area contributed by atoms with Crippen LogP contribution >= 0.6 is 0 Å². The van der Waals surface area contributed by atoms with E-state index in [1.165, 1.54) is 0 Å². The van der Waals surface area contributed by atoms with Crippen molar-refractivity contribution in [3.63, 3.8) is 0 Å². The first-order valence-corrected chi connectivity index (χ1v) is 6.58. The molecule has 1 fully saturated rings. The van der Waals surface area contributed by atoms with Crippen LogP contribution in [0, 0.1) is 21.7 Å². The summed E-state index contributed by atoms with van der Waals surface area (Å²) < 4.78 is 31.1. The summed E-state index contributed by atoms with van der Waals surface area (Å²) in [6, 6.07) is 0.862. The molecule has 0 saturated carbocycles. The molecule has 1 aromatic rings. The van der Waals surface area contributed by atoms with Crippen molar-refractivity contribution in [2.24, 2.45) is 0 Å². The number of hydrogen-bond acceptors (Lipinski definition) is 7. The molecule has 2 amide bonds. The highest BCUT2D eigenvalue weighted by atomic mass is 19.2. The molecule has 1 heterocycles. The number of nitro benzene ring substituents is 1. The average Bonchev–Trinajstić information content (AvgIpc) is 2.81. The van der Waals surface area contributed by atoms with Gasteiger partial charge in [0.05, 0.1) is 16.6 Å². The molecule has 0 spiro atoms. The third-order valence-electron chi connectivity index (χ3n) is 3.15. The number of carbonyl (C=O) groups is 3. The standard InChI is InChI=1S/C13H10F2N2O7/c1-6(7-4-8(14)9(15)5-10(7)17(21)22)23-13(20)24-16-11(18)2-3-12(16)19/h4-6H,2-3H2,1H3. The van der Waals surface area contributed by atoms with Crippen molar-refractivity contribution < 1.29 is 37.7 Å². The zero-order valence-electron chi connectivity index (χ0n) is 12.2. The van der Waals surface area contributed by atoms with E-state index in [0.29, 0.717) is 12.1 Å². The van der Waals surface area contributed by atoms with Crippen LogP contribution in [0.5, 0.6) is 0 Å². The van der Waals surface area contributed by atoms with Gasteiger partial charge >= 0.3 is 6.16 Å². The number of hydrogen-bond donors (Lipinski definition) is 0. The number of amides is 2. The molecule has 9 nitrogen and oxygen atoms in total. The number of nitrogens with zero attached hydrogens (tertiary/aromatic N) is 2. The molecule has 0 radical (unpaired) electrons. The molecule has 1 unspecified atom stereocenters. The SMILES string of the molecule is CC(OC(=O)ON1C(=O)CCC1=O)c1cc(F)c(F)cc1[N+](=O)[O-]. The highest BCUT2D eigenvalue weighted by Gasteiger charge is 2.34. The van der Waals surface area contributed by atoms with E-state index in [1.807, 2.05) is 0 Å².